The van der Waals surface area contributed by atoms with Crippen LogP contribution >= 0.6 is 15.9 Å². The standard InChI is InChI=1S/C17H25BrN2O2/c1-17(2,3)22-16(21)20-8-7-14(12-20)11-19-10-13-5-4-6-15(18)9-13/h4-6,9,14,19H,7-8,10-12H2,1-3H3/t14-/m0/s1. The maximum absolute atomic E-state index is 12.0. The van der Waals surface area contributed by atoms with Gasteiger partial charge in [0.15, 0.2) is 0 Å². The highest BCUT2D eigenvalue weighted by atomic mass is 79.9. The van der Waals surface area contributed by atoms with E-state index in [9.17, 15) is 4.79 Å². The van der Waals surface area contributed by atoms with Crippen molar-refractivity contribution >= 4 is 22.0 Å². The Bertz CT molecular complexity index is 514. The van der Waals surface area contributed by atoms with E-state index in [4.69, 9.17) is 4.74 Å². The lowest BCUT2D eigenvalue weighted by molar-refractivity contribution is 0.0288. The Labute approximate surface area is 141 Å². The van der Waals surface area contributed by atoms with Gasteiger partial charge in [-0.05, 0) is 50.8 Å². The predicted molar refractivity (Wildman–Crippen MR) is 91.8 cm³/mol. The van der Waals surface area contributed by atoms with Gasteiger partial charge in [0, 0.05) is 30.7 Å². The molecule has 0 saturated carbocycles. The lowest BCUT2D eigenvalue weighted by Gasteiger charge is -2.24. The third-order valence-corrected chi connectivity index (χ3v) is 4.08. The summed E-state index contributed by atoms with van der Waals surface area (Å²) < 4.78 is 6.52. The molecule has 1 fully saturated rings. The Morgan fingerprint density at radius 3 is 2.91 bits per heavy atom. The van der Waals surface area contributed by atoms with Gasteiger partial charge in [0.1, 0.15) is 5.60 Å². The van der Waals surface area contributed by atoms with Crippen LogP contribution in [-0.2, 0) is 11.3 Å². The van der Waals surface area contributed by atoms with Crippen molar-refractivity contribution in [2.24, 2.45) is 5.92 Å². The van der Waals surface area contributed by atoms with Crippen LogP contribution in [-0.4, -0.2) is 36.2 Å². The highest BCUT2D eigenvalue weighted by Gasteiger charge is 2.29. The molecule has 1 heterocycles. The highest BCUT2D eigenvalue weighted by molar-refractivity contribution is 9.10. The van der Waals surface area contributed by atoms with Gasteiger partial charge in [0.2, 0.25) is 0 Å². The topological polar surface area (TPSA) is 41.6 Å². The minimum atomic E-state index is -0.423. The van der Waals surface area contributed by atoms with Crippen LogP contribution in [0.1, 0.15) is 32.8 Å². The maximum Gasteiger partial charge on any atom is 0.410 e. The van der Waals surface area contributed by atoms with Crippen molar-refractivity contribution in [3.8, 4) is 0 Å². The predicted octanol–water partition coefficient (Wildman–Crippen LogP) is 3.80. The zero-order valence-corrected chi connectivity index (χ0v) is 15.1. The average molecular weight is 369 g/mol. The number of carbonyl (C=O) groups is 1. The van der Waals surface area contributed by atoms with E-state index in [1.807, 2.05) is 37.8 Å². The van der Waals surface area contributed by atoms with Gasteiger partial charge in [-0.15, -0.1) is 0 Å². The summed E-state index contributed by atoms with van der Waals surface area (Å²) in [7, 11) is 0. The molecule has 0 aromatic heterocycles. The molecule has 1 aromatic carbocycles. The number of likely N-dealkylation sites (tertiary alicyclic amines) is 1. The normalized spacial score (nSPS) is 18.5. The molecule has 1 aliphatic rings. The van der Waals surface area contributed by atoms with Gasteiger partial charge in [-0.2, -0.15) is 0 Å². The number of nitrogens with zero attached hydrogens (tertiary/aromatic N) is 1. The van der Waals surface area contributed by atoms with Crippen molar-refractivity contribution in [1.82, 2.24) is 10.2 Å². The fourth-order valence-corrected chi connectivity index (χ4v) is 3.01. The molecule has 0 unspecified atom stereocenters. The molecule has 1 N–H and O–H groups in total. The summed E-state index contributed by atoms with van der Waals surface area (Å²) in [6.07, 6.45) is 0.840. The molecule has 1 aliphatic heterocycles. The van der Waals surface area contributed by atoms with Crippen molar-refractivity contribution < 1.29 is 9.53 Å². The van der Waals surface area contributed by atoms with Crippen LogP contribution in [0.4, 0.5) is 4.79 Å². The van der Waals surface area contributed by atoms with Crippen LogP contribution in [0.25, 0.3) is 0 Å². The fourth-order valence-electron chi connectivity index (χ4n) is 2.56. The van der Waals surface area contributed by atoms with Gasteiger partial charge >= 0.3 is 6.09 Å². The number of halogens is 1. The first-order chi connectivity index (χ1) is 10.3. The molecule has 1 aromatic rings. The van der Waals surface area contributed by atoms with E-state index in [1.165, 1.54) is 5.56 Å². The van der Waals surface area contributed by atoms with Crippen molar-refractivity contribution in [2.45, 2.75) is 39.3 Å². The van der Waals surface area contributed by atoms with Gasteiger partial charge in [0.25, 0.3) is 0 Å². The molecule has 1 atom stereocenters. The van der Waals surface area contributed by atoms with Crippen molar-refractivity contribution in [3.05, 3.63) is 34.3 Å². The second kappa shape index (κ2) is 7.47. The van der Waals surface area contributed by atoms with E-state index < -0.39 is 5.60 Å². The molecule has 1 amide bonds. The Kier molecular flexibility index (Phi) is 5.87. The highest BCUT2D eigenvalue weighted by Crippen LogP contribution is 2.19. The number of carbonyl (C=O) groups excluding carboxylic acids is 1. The molecule has 122 valence electrons. The molecule has 2 rings (SSSR count). The minimum Gasteiger partial charge on any atom is -0.444 e. The third-order valence-electron chi connectivity index (χ3n) is 3.59. The lowest BCUT2D eigenvalue weighted by Crippen LogP contribution is -2.36. The molecule has 4 nitrogen and oxygen atoms in total. The van der Waals surface area contributed by atoms with Crippen LogP contribution in [0.3, 0.4) is 0 Å². The van der Waals surface area contributed by atoms with Crippen LogP contribution < -0.4 is 5.32 Å². The molecule has 1 saturated heterocycles. The summed E-state index contributed by atoms with van der Waals surface area (Å²) in [5, 5.41) is 3.48. The van der Waals surface area contributed by atoms with Crippen molar-refractivity contribution in [1.29, 1.82) is 0 Å². The molecule has 5 heteroatoms. The molecule has 0 bridgehead atoms. The van der Waals surface area contributed by atoms with Crippen LogP contribution in [0.15, 0.2) is 28.7 Å². The van der Waals surface area contributed by atoms with Gasteiger partial charge in [-0.25, -0.2) is 4.79 Å². The first-order valence-corrected chi connectivity index (χ1v) is 8.56. The average Bonchev–Trinajstić information content (AvgIpc) is 2.86. The van der Waals surface area contributed by atoms with Crippen LogP contribution in [0.5, 0.6) is 0 Å². The number of nitrogens with one attached hydrogen (secondary N) is 1. The van der Waals surface area contributed by atoms with Crippen molar-refractivity contribution in [3.63, 3.8) is 0 Å². The number of benzene rings is 1. The smallest absolute Gasteiger partial charge is 0.410 e. The van der Waals surface area contributed by atoms with E-state index in [0.29, 0.717) is 5.92 Å². The Morgan fingerprint density at radius 2 is 2.23 bits per heavy atom. The molecular formula is C17H25BrN2O2. The minimum absolute atomic E-state index is 0.193. The first kappa shape index (κ1) is 17.3. The summed E-state index contributed by atoms with van der Waals surface area (Å²) >= 11 is 3.48. The quantitative estimate of drug-likeness (QED) is 0.878. The summed E-state index contributed by atoms with van der Waals surface area (Å²) in [4.78, 5) is 13.8. The number of rotatable bonds is 4. The van der Waals surface area contributed by atoms with Crippen LogP contribution in [0.2, 0.25) is 0 Å². The Hall–Kier alpha value is -1.07. The Morgan fingerprint density at radius 1 is 1.45 bits per heavy atom. The third kappa shape index (κ3) is 5.61. The monoisotopic (exact) mass is 368 g/mol. The van der Waals surface area contributed by atoms with Gasteiger partial charge < -0.3 is 15.0 Å². The fraction of sp³-hybridized carbons (Fsp3) is 0.588. The van der Waals surface area contributed by atoms with E-state index in [1.54, 1.807) is 0 Å². The molecule has 0 radical (unpaired) electrons. The zero-order valence-electron chi connectivity index (χ0n) is 13.6. The number of hydrogen-bond acceptors (Lipinski definition) is 3. The molecular weight excluding hydrogens is 344 g/mol. The summed E-state index contributed by atoms with van der Waals surface area (Å²) in [6, 6.07) is 8.30. The van der Waals surface area contributed by atoms with Crippen LogP contribution in [0, 0.1) is 5.92 Å². The van der Waals surface area contributed by atoms with E-state index in [0.717, 1.165) is 37.1 Å². The second-order valence-corrected chi connectivity index (χ2v) is 7.76. The van der Waals surface area contributed by atoms with Gasteiger partial charge in [0.05, 0.1) is 0 Å². The first-order valence-electron chi connectivity index (χ1n) is 7.76. The number of hydrogen-bond donors (Lipinski definition) is 1. The number of amides is 1. The number of ether oxygens (including phenoxy) is 1. The maximum atomic E-state index is 12.0. The van der Waals surface area contributed by atoms with E-state index in [-0.39, 0.29) is 6.09 Å². The van der Waals surface area contributed by atoms with Gasteiger partial charge in [-0.1, -0.05) is 28.1 Å². The summed E-state index contributed by atoms with van der Waals surface area (Å²) in [5.41, 5.74) is 0.838. The lowest BCUT2D eigenvalue weighted by atomic mass is 10.1. The molecule has 22 heavy (non-hydrogen) atoms. The SMILES string of the molecule is CC(C)(C)OC(=O)N1CC[C@@H](CNCc2cccc(Br)c2)C1. The Balaban J connectivity index is 1.71. The van der Waals surface area contributed by atoms with Crippen molar-refractivity contribution in [2.75, 3.05) is 19.6 Å². The van der Waals surface area contributed by atoms with Gasteiger partial charge in [-0.3, -0.25) is 0 Å². The van der Waals surface area contributed by atoms with E-state index >= 15 is 0 Å². The second-order valence-electron chi connectivity index (χ2n) is 6.84. The molecule has 0 spiro atoms. The van der Waals surface area contributed by atoms with E-state index in [2.05, 4.69) is 33.4 Å². The summed E-state index contributed by atoms with van der Waals surface area (Å²) in [6.45, 7) is 9.04. The zero-order chi connectivity index (χ0) is 16.2. The largest absolute Gasteiger partial charge is 0.444 e. The summed E-state index contributed by atoms with van der Waals surface area (Å²) in [5.74, 6) is 0.500. The molecule has 0 aliphatic carbocycles.